The van der Waals surface area contributed by atoms with Crippen LogP contribution >= 0.6 is 0 Å². The van der Waals surface area contributed by atoms with Gasteiger partial charge in [-0.2, -0.15) is 0 Å². The maximum atomic E-state index is 10.7. The number of hydrogen-bond acceptors (Lipinski definition) is 4. The molecular formula is C11H15N3O2. The van der Waals surface area contributed by atoms with E-state index in [2.05, 4.69) is 22.1 Å². The number of rotatable bonds is 2. The molecule has 1 saturated heterocycles. The van der Waals surface area contributed by atoms with Crippen molar-refractivity contribution in [3.05, 3.63) is 23.9 Å². The third-order valence-electron chi connectivity index (χ3n) is 2.79. The minimum atomic E-state index is -0.938. The number of pyridine rings is 1. The van der Waals surface area contributed by atoms with E-state index < -0.39 is 5.97 Å². The Labute approximate surface area is 94.1 Å². The number of carbonyl (C=O) groups is 1. The van der Waals surface area contributed by atoms with E-state index >= 15 is 0 Å². The summed E-state index contributed by atoms with van der Waals surface area (Å²) in [4.78, 5) is 17.1. The molecule has 1 aromatic heterocycles. The van der Waals surface area contributed by atoms with Crippen LogP contribution in [-0.2, 0) is 0 Å². The molecule has 0 radical (unpaired) electrons. The molecule has 1 aliphatic rings. The molecule has 2 heterocycles. The molecule has 0 bridgehead atoms. The average molecular weight is 221 g/mol. The van der Waals surface area contributed by atoms with E-state index in [0.29, 0.717) is 6.04 Å². The molecule has 0 unspecified atom stereocenters. The van der Waals surface area contributed by atoms with Crippen LogP contribution in [0.2, 0.25) is 0 Å². The van der Waals surface area contributed by atoms with Crippen molar-refractivity contribution < 1.29 is 9.90 Å². The summed E-state index contributed by atoms with van der Waals surface area (Å²) < 4.78 is 0. The van der Waals surface area contributed by atoms with Gasteiger partial charge in [-0.1, -0.05) is 0 Å². The summed E-state index contributed by atoms with van der Waals surface area (Å²) in [5, 5.41) is 12.1. The van der Waals surface area contributed by atoms with Crippen molar-refractivity contribution in [1.29, 1.82) is 0 Å². The second-order valence-corrected chi connectivity index (χ2v) is 3.96. The maximum absolute atomic E-state index is 10.7. The van der Waals surface area contributed by atoms with E-state index in [1.807, 2.05) is 0 Å². The van der Waals surface area contributed by atoms with Crippen molar-refractivity contribution in [2.45, 2.75) is 13.0 Å². The van der Waals surface area contributed by atoms with Gasteiger partial charge in [0, 0.05) is 31.9 Å². The molecule has 0 amide bonds. The molecule has 0 aliphatic carbocycles. The third kappa shape index (κ3) is 2.14. The van der Waals surface area contributed by atoms with E-state index in [1.54, 1.807) is 12.1 Å². The fourth-order valence-corrected chi connectivity index (χ4v) is 1.86. The molecule has 0 saturated carbocycles. The molecule has 0 aromatic carbocycles. The molecule has 16 heavy (non-hydrogen) atoms. The van der Waals surface area contributed by atoms with Gasteiger partial charge in [0.15, 0.2) is 0 Å². The quantitative estimate of drug-likeness (QED) is 0.764. The number of nitrogens with one attached hydrogen (secondary N) is 1. The number of aromatic carboxylic acids is 1. The van der Waals surface area contributed by atoms with Crippen molar-refractivity contribution in [2.24, 2.45) is 0 Å². The lowest BCUT2D eigenvalue weighted by molar-refractivity contribution is 0.0696. The predicted molar refractivity (Wildman–Crippen MR) is 60.9 cm³/mol. The molecule has 5 nitrogen and oxygen atoms in total. The SMILES string of the molecule is C[C@@H]1CNCCN1c1ccc(C(=O)O)cn1. The number of hydrogen-bond donors (Lipinski definition) is 2. The Morgan fingerprint density at radius 3 is 3.00 bits per heavy atom. The standard InChI is InChI=1S/C11H15N3O2/c1-8-6-12-4-5-14(8)10-3-2-9(7-13-10)11(15)16/h2-3,7-8,12H,4-6H2,1H3,(H,15,16)/t8-/m1/s1. The van der Waals surface area contributed by atoms with Crippen LogP contribution in [0.4, 0.5) is 5.82 Å². The molecule has 2 N–H and O–H groups in total. The highest BCUT2D eigenvalue weighted by Gasteiger charge is 2.19. The highest BCUT2D eigenvalue weighted by Crippen LogP contribution is 2.15. The van der Waals surface area contributed by atoms with Crippen LogP contribution in [0, 0.1) is 0 Å². The summed E-state index contributed by atoms with van der Waals surface area (Å²) in [5.74, 6) is -0.0913. The zero-order valence-electron chi connectivity index (χ0n) is 9.18. The number of carboxylic acids is 1. The number of carboxylic acid groups (broad SMARTS) is 1. The second kappa shape index (κ2) is 4.49. The van der Waals surface area contributed by atoms with Gasteiger partial charge in [0.25, 0.3) is 0 Å². The van der Waals surface area contributed by atoms with Gasteiger partial charge < -0.3 is 15.3 Å². The number of piperazine rings is 1. The largest absolute Gasteiger partial charge is 0.478 e. The highest BCUT2D eigenvalue weighted by molar-refractivity contribution is 5.87. The first-order valence-electron chi connectivity index (χ1n) is 5.35. The van der Waals surface area contributed by atoms with Crippen LogP contribution in [-0.4, -0.2) is 41.7 Å². The third-order valence-corrected chi connectivity index (χ3v) is 2.79. The highest BCUT2D eigenvalue weighted by atomic mass is 16.4. The van der Waals surface area contributed by atoms with Gasteiger partial charge in [-0.3, -0.25) is 0 Å². The molecule has 2 rings (SSSR count). The van der Waals surface area contributed by atoms with Crippen LogP contribution in [0.5, 0.6) is 0 Å². The van der Waals surface area contributed by atoms with Crippen molar-refractivity contribution in [3.63, 3.8) is 0 Å². The molecule has 1 aliphatic heterocycles. The van der Waals surface area contributed by atoms with E-state index in [1.165, 1.54) is 6.20 Å². The van der Waals surface area contributed by atoms with Gasteiger partial charge in [-0.05, 0) is 19.1 Å². The lowest BCUT2D eigenvalue weighted by Gasteiger charge is -2.34. The summed E-state index contributed by atoms with van der Waals surface area (Å²) in [5.41, 5.74) is 0.228. The zero-order chi connectivity index (χ0) is 11.5. The molecule has 1 aromatic rings. The van der Waals surface area contributed by atoms with Crippen LogP contribution in [0.25, 0.3) is 0 Å². The van der Waals surface area contributed by atoms with E-state index in [4.69, 9.17) is 5.11 Å². The maximum Gasteiger partial charge on any atom is 0.337 e. The molecule has 0 spiro atoms. The predicted octanol–water partition coefficient (Wildman–Crippen LogP) is 0.578. The Morgan fingerprint density at radius 2 is 2.44 bits per heavy atom. The van der Waals surface area contributed by atoms with E-state index in [0.717, 1.165) is 25.5 Å². The van der Waals surface area contributed by atoms with Gasteiger partial charge in [0.2, 0.25) is 0 Å². The van der Waals surface area contributed by atoms with Gasteiger partial charge in [0.05, 0.1) is 5.56 Å². The Morgan fingerprint density at radius 1 is 1.62 bits per heavy atom. The summed E-state index contributed by atoms with van der Waals surface area (Å²) in [7, 11) is 0. The zero-order valence-corrected chi connectivity index (χ0v) is 9.18. The second-order valence-electron chi connectivity index (χ2n) is 3.96. The van der Waals surface area contributed by atoms with Crippen LogP contribution < -0.4 is 10.2 Å². The average Bonchev–Trinajstić information content (AvgIpc) is 2.30. The van der Waals surface area contributed by atoms with Crippen molar-refractivity contribution in [3.8, 4) is 0 Å². The summed E-state index contributed by atoms with van der Waals surface area (Å²) in [6.45, 7) is 4.90. The first kappa shape index (κ1) is 10.9. The van der Waals surface area contributed by atoms with Crippen molar-refractivity contribution >= 4 is 11.8 Å². The molecule has 1 fully saturated rings. The molecule has 5 heteroatoms. The fraction of sp³-hybridized carbons (Fsp3) is 0.455. The van der Waals surface area contributed by atoms with Gasteiger partial charge >= 0.3 is 5.97 Å². The topological polar surface area (TPSA) is 65.5 Å². The Hall–Kier alpha value is -1.62. The first-order chi connectivity index (χ1) is 7.68. The number of anilines is 1. The first-order valence-corrected chi connectivity index (χ1v) is 5.35. The van der Waals surface area contributed by atoms with E-state index in [-0.39, 0.29) is 5.56 Å². The van der Waals surface area contributed by atoms with E-state index in [9.17, 15) is 4.79 Å². The molecule has 1 atom stereocenters. The molecular weight excluding hydrogens is 206 g/mol. The van der Waals surface area contributed by atoms with Crippen LogP contribution in [0.1, 0.15) is 17.3 Å². The fourth-order valence-electron chi connectivity index (χ4n) is 1.86. The molecule has 86 valence electrons. The lowest BCUT2D eigenvalue weighted by atomic mass is 10.2. The number of aromatic nitrogens is 1. The van der Waals surface area contributed by atoms with Gasteiger partial charge in [0.1, 0.15) is 5.82 Å². The Kier molecular flexibility index (Phi) is 3.05. The summed E-state index contributed by atoms with van der Waals surface area (Å²) >= 11 is 0. The normalized spacial score (nSPS) is 20.8. The Bertz CT molecular complexity index is 377. The minimum absolute atomic E-state index is 0.228. The van der Waals surface area contributed by atoms with Gasteiger partial charge in [-0.25, -0.2) is 9.78 Å². The minimum Gasteiger partial charge on any atom is -0.478 e. The summed E-state index contributed by atoms with van der Waals surface area (Å²) in [6.07, 6.45) is 1.41. The van der Waals surface area contributed by atoms with Crippen LogP contribution in [0.15, 0.2) is 18.3 Å². The lowest BCUT2D eigenvalue weighted by Crippen LogP contribution is -2.50. The van der Waals surface area contributed by atoms with Crippen molar-refractivity contribution in [1.82, 2.24) is 10.3 Å². The summed E-state index contributed by atoms with van der Waals surface area (Å²) in [6, 6.07) is 3.75. The number of nitrogens with zero attached hydrogens (tertiary/aromatic N) is 2. The van der Waals surface area contributed by atoms with Crippen molar-refractivity contribution in [2.75, 3.05) is 24.5 Å². The Balaban J connectivity index is 2.17. The smallest absolute Gasteiger partial charge is 0.337 e. The van der Waals surface area contributed by atoms with Gasteiger partial charge in [-0.15, -0.1) is 0 Å². The van der Waals surface area contributed by atoms with Crippen LogP contribution in [0.3, 0.4) is 0 Å². The monoisotopic (exact) mass is 221 g/mol.